The number of thiophene rings is 1. The third-order valence-electron chi connectivity index (χ3n) is 3.62. The van der Waals surface area contributed by atoms with E-state index in [9.17, 15) is 9.59 Å². The highest BCUT2D eigenvalue weighted by Crippen LogP contribution is 2.15. The number of rotatable bonds is 5. The molecular weight excluding hydrogens is 300 g/mol. The fourth-order valence-corrected chi connectivity index (χ4v) is 3.09. The van der Waals surface area contributed by atoms with E-state index in [1.54, 1.807) is 11.3 Å². The quantitative estimate of drug-likeness (QED) is 0.906. The number of ether oxygens (including phenoxy) is 1. The van der Waals surface area contributed by atoms with Crippen LogP contribution < -0.4 is 5.32 Å². The second kappa shape index (κ2) is 8.17. The third kappa shape index (κ3) is 5.33. The zero-order valence-electron chi connectivity index (χ0n) is 13.2. The molecule has 5 nitrogen and oxygen atoms in total. The number of nitrogens with one attached hydrogen (secondary N) is 1. The van der Waals surface area contributed by atoms with Crippen molar-refractivity contribution in [3.8, 4) is 0 Å². The lowest BCUT2D eigenvalue weighted by molar-refractivity contribution is -0.131. The van der Waals surface area contributed by atoms with E-state index >= 15 is 0 Å². The second-order valence-corrected chi connectivity index (χ2v) is 7.08. The van der Waals surface area contributed by atoms with E-state index in [1.807, 2.05) is 36.3 Å². The van der Waals surface area contributed by atoms with Crippen molar-refractivity contribution in [1.29, 1.82) is 0 Å². The molecule has 0 atom stereocenters. The van der Waals surface area contributed by atoms with Crippen LogP contribution in [0.4, 0.5) is 4.79 Å². The topological polar surface area (TPSA) is 58.6 Å². The monoisotopic (exact) mass is 324 g/mol. The number of nitrogens with zero attached hydrogens (tertiary/aromatic N) is 1. The number of alkyl carbamates (subject to hydrolysis) is 1. The van der Waals surface area contributed by atoms with Gasteiger partial charge in [-0.3, -0.25) is 4.79 Å². The van der Waals surface area contributed by atoms with Crippen LogP contribution in [0.5, 0.6) is 0 Å². The summed E-state index contributed by atoms with van der Waals surface area (Å²) in [6, 6.07) is 4.05. The highest BCUT2D eigenvalue weighted by atomic mass is 32.1. The summed E-state index contributed by atoms with van der Waals surface area (Å²) in [6.45, 7) is 5.83. The van der Waals surface area contributed by atoms with Gasteiger partial charge >= 0.3 is 6.09 Å². The van der Waals surface area contributed by atoms with Crippen molar-refractivity contribution < 1.29 is 14.3 Å². The molecule has 1 fully saturated rings. The summed E-state index contributed by atoms with van der Waals surface area (Å²) >= 11 is 1.61. The Labute approximate surface area is 135 Å². The van der Waals surface area contributed by atoms with Crippen molar-refractivity contribution >= 4 is 23.3 Å². The molecule has 22 heavy (non-hydrogen) atoms. The molecule has 1 aliphatic heterocycles. The van der Waals surface area contributed by atoms with Gasteiger partial charge in [0, 0.05) is 24.0 Å². The number of hydrogen-bond acceptors (Lipinski definition) is 4. The molecule has 0 aromatic carbocycles. The molecule has 0 bridgehead atoms. The molecule has 122 valence electrons. The summed E-state index contributed by atoms with van der Waals surface area (Å²) < 4.78 is 5.12. The first-order valence-corrected chi connectivity index (χ1v) is 8.66. The van der Waals surface area contributed by atoms with Crippen LogP contribution in [0.3, 0.4) is 0 Å². The lowest BCUT2D eigenvalue weighted by Gasteiger charge is -2.32. The maximum atomic E-state index is 12.2. The smallest absolute Gasteiger partial charge is 0.407 e. The van der Waals surface area contributed by atoms with E-state index in [2.05, 4.69) is 5.32 Å². The molecular formula is C16H24N2O3S. The van der Waals surface area contributed by atoms with Crippen molar-refractivity contribution in [3.63, 3.8) is 0 Å². The Kier molecular flexibility index (Phi) is 6.24. The summed E-state index contributed by atoms with van der Waals surface area (Å²) in [6.07, 6.45) is 1.70. The number of hydrogen-bond donors (Lipinski definition) is 1. The van der Waals surface area contributed by atoms with Gasteiger partial charge in [-0.25, -0.2) is 4.79 Å². The minimum Gasteiger partial charge on any atom is -0.449 e. The number of carbonyl (C=O) groups is 2. The van der Waals surface area contributed by atoms with Gasteiger partial charge in [-0.05, 0) is 30.2 Å². The van der Waals surface area contributed by atoms with Crippen LogP contribution in [-0.4, -0.2) is 42.6 Å². The molecule has 0 aliphatic carbocycles. The van der Waals surface area contributed by atoms with Crippen LogP contribution in [0, 0.1) is 5.92 Å². The van der Waals surface area contributed by atoms with Crippen LogP contribution >= 0.6 is 11.3 Å². The van der Waals surface area contributed by atoms with Gasteiger partial charge in [0.25, 0.3) is 0 Å². The van der Waals surface area contributed by atoms with Gasteiger partial charge in [-0.1, -0.05) is 19.9 Å². The molecule has 2 heterocycles. The molecule has 1 aromatic rings. The summed E-state index contributed by atoms with van der Waals surface area (Å²) in [7, 11) is 0. The van der Waals surface area contributed by atoms with Crippen molar-refractivity contribution in [2.75, 3.05) is 19.7 Å². The highest BCUT2D eigenvalue weighted by Gasteiger charge is 2.24. The van der Waals surface area contributed by atoms with E-state index in [4.69, 9.17) is 4.74 Å². The molecule has 6 heteroatoms. The molecule has 0 radical (unpaired) electrons. The van der Waals surface area contributed by atoms with Crippen LogP contribution in [-0.2, 0) is 16.0 Å². The Balaban J connectivity index is 1.69. The van der Waals surface area contributed by atoms with Gasteiger partial charge < -0.3 is 15.0 Å². The fourth-order valence-electron chi connectivity index (χ4n) is 2.40. The lowest BCUT2D eigenvalue weighted by Crippen LogP contribution is -2.47. The maximum Gasteiger partial charge on any atom is 0.407 e. The van der Waals surface area contributed by atoms with E-state index in [0.29, 0.717) is 32.0 Å². The Morgan fingerprint density at radius 1 is 1.41 bits per heavy atom. The predicted molar refractivity (Wildman–Crippen MR) is 86.9 cm³/mol. The summed E-state index contributed by atoms with van der Waals surface area (Å²) in [5.74, 6) is 0.505. The van der Waals surface area contributed by atoms with Gasteiger partial charge in [0.15, 0.2) is 0 Å². The van der Waals surface area contributed by atoms with Gasteiger partial charge in [0.2, 0.25) is 5.91 Å². The molecule has 2 rings (SSSR count). The summed E-state index contributed by atoms with van der Waals surface area (Å²) in [5, 5.41) is 4.87. The molecule has 0 unspecified atom stereocenters. The van der Waals surface area contributed by atoms with Crippen molar-refractivity contribution in [3.05, 3.63) is 22.4 Å². The van der Waals surface area contributed by atoms with E-state index in [0.717, 1.165) is 17.7 Å². The summed E-state index contributed by atoms with van der Waals surface area (Å²) in [4.78, 5) is 26.8. The Morgan fingerprint density at radius 3 is 2.73 bits per heavy atom. The summed E-state index contributed by atoms with van der Waals surface area (Å²) in [5.41, 5.74) is 0. The minimum absolute atomic E-state index is 0.102. The van der Waals surface area contributed by atoms with E-state index in [-0.39, 0.29) is 18.0 Å². The Morgan fingerprint density at radius 2 is 2.14 bits per heavy atom. The second-order valence-electron chi connectivity index (χ2n) is 6.05. The SMILES string of the molecule is CC(C)COC(=O)NC1CCN(C(=O)Cc2cccs2)CC1. The van der Waals surface area contributed by atoms with Crippen LogP contribution in [0.1, 0.15) is 31.6 Å². The maximum absolute atomic E-state index is 12.2. The fraction of sp³-hybridized carbons (Fsp3) is 0.625. The zero-order chi connectivity index (χ0) is 15.9. The third-order valence-corrected chi connectivity index (χ3v) is 4.50. The van der Waals surface area contributed by atoms with E-state index in [1.165, 1.54) is 0 Å². The van der Waals surface area contributed by atoms with Gasteiger partial charge in [0.1, 0.15) is 0 Å². The average molecular weight is 324 g/mol. The van der Waals surface area contributed by atoms with Gasteiger partial charge in [-0.15, -0.1) is 11.3 Å². The first kappa shape index (κ1) is 16.8. The first-order valence-electron chi connectivity index (χ1n) is 7.78. The molecule has 0 saturated carbocycles. The van der Waals surface area contributed by atoms with Crippen LogP contribution in [0.15, 0.2) is 17.5 Å². The van der Waals surface area contributed by atoms with Crippen molar-refractivity contribution in [1.82, 2.24) is 10.2 Å². The van der Waals surface area contributed by atoms with Crippen molar-refractivity contribution in [2.24, 2.45) is 5.92 Å². The average Bonchev–Trinajstić information content (AvgIpc) is 2.99. The minimum atomic E-state index is -0.350. The largest absolute Gasteiger partial charge is 0.449 e. The molecule has 1 N–H and O–H groups in total. The molecule has 1 aliphatic rings. The molecule has 2 amide bonds. The standard InChI is InChI=1S/C16H24N2O3S/c1-12(2)11-21-16(20)17-13-5-7-18(8-6-13)15(19)10-14-4-3-9-22-14/h3-4,9,12-13H,5-8,10-11H2,1-2H3,(H,17,20). The molecule has 1 aromatic heterocycles. The van der Waals surface area contributed by atoms with Crippen molar-refractivity contribution in [2.45, 2.75) is 39.2 Å². The van der Waals surface area contributed by atoms with Crippen LogP contribution in [0.2, 0.25) is 0 Å². The highest BCUT2D eigenvalue weighted by molar-refractivity contribution is 7.10. The Bertz CT molecular complexity index is 480. The normalized spacial score (nSPS) is 15.9. The predicted octanol–water partition coefficient (Wildman–Crippen LogP) is 2.66. The number of amides is 2. The number of carbonyl (C=O) groups excluding carboxylic acids is 2. The van der Waals surface area contributed by atoms with Gasteiger partial charge in [0.05, 0.1) is 13.0 Å². The first-order chi connectivity index (χ1) is 10.5. The lowest BCUT2D eigenvalue weighted by atomic mass is 10.0. The van der Waals surface area contributed by atoms with Crippen LogP contribution in [0.25, 0.3) is 0 Å². The molecule has 1 saturated heterocycles. The van der Waals surface area contributed by atoms with E-state index < -0.39 is 0 Å². The van der Waals surface area contributed by atoms with Gasteiger partial charge in [-0.2, -0.15) is 0 Å². The number of likely N-dealkylation sites (tertiary alicyclic amines) is 1. The molecule has 0 spiro atoms. The Hall–Kier alpha value is -1.56. The number of piperidine rings is 1. The zero-order valence-corrected chi connectivity index (χ0v) is 14.0.